The Morgan fingerprint density at radius 2 is 2.21 bits per heavy atom. The molecule has 5 heteroatoms. The van der Waals surface area contributed by atoms with Gasteiger partial charge in [-0.15, -0.1) is 0 Å². The van der Waals surface area contributed by atoms with Crippen molar-refractivity contribution in [2.24, 2.45) is 5.41 Å². The number of amides is 1. The molecule has 1 aromatic rings. The molecule has 0 aromatic carbocycles. The smallest absolute Gasteiger partial charge is 0.245 e. The topological polar surface area (TPSA) is 75.3 Å². The van der Waals surface area contributed by atoms with Crippen molar-refractivity contribution in [3.8, 4) is 6.07 Å². The number of aryl methyl sites for hydroxylation is 1. The van der Waals surface area contributed by atoms with Crippen LogP contribution in [-0.4, -0.2) is 25.7 Å². The normalized spacial score (nSPS) is 17.4. The van der Waals surface area contributed by atoms with Crippen molar-refractivity contribution < 1.29 is 13.9 Å². The minimum absolute atomic E-state index is 0.176. The number of hydrogen-bond acceptors (Lipinski definition) is 4. The Hall–Kier alpha value is -1.80. The van der Waals surface area contributed by atoms with Gasteiger partial charge >= 0.3 is 0 Å². The van der Waals surface area contributed by atoms with Crippen LogP contribution in [0.3, 0.4) is 0 Å². The van der Waals surface area contributed by atoms with Crippen molar-refractivity contribution in [3.05, 3.63) is 23.7 Å². The highest BCUT2D eigenvalue weighted by atomic mass is 16.5. The first-order valence-electron chi connectivity index (χ1n) is 6.24. The molecule has 1 aromatic heterocycles. The molecule has 19 heavy (non-hydrogen) atoms. The van der Waals surface area contributed by atoms with Gasteiger partial charge in [-0.3, -0.25) is 4.79 Å². The van der Waals surface area contributed by atoms with E-state index in [0.717, 1.165) is 11.5 Å². The molecule has 0 unspecified atom stereocenters. The maximum atomic E-state index is 12.0. The van der Waals surface area contributed by atoms with Crippen molar-refractivity contribution in [3.63, 3.8) is 0 Å². The monoisotopic (exact) mass is 262 g/mol. The summed E-state index contributed by atoms with van der Waals surface area (Å²) in [6.45, 7) is 6.63. The molecule has 2 heterocycles. The molecule has 1 aliphatic heterocycles. The molecule has 0 aliphatic carbocycles. The number of nitriles is 1. The van der Waals surface area contributed by atoms with Gasteiger partial charge in [0.2, 0.25) is 5.91 Å². The van der Waals surface area contributed by atoms with E-state index < -0.39 is 5.41 Å². The van der Waals surface area contributed by atoms with Crippen molar-refractivity contribution in [1.29, 1.82) is 5.26 Å². The number of furan rings is 1. The van der Waals surface area contributed by atoms with Gasteiger partial charge in [0.05, 0.1) is 19.3 Å². The van der Waals surface area contributed by atoms with Crippen LogP contribution in [0.4, 0.5) is 0 Å². The first-order chi connectivity index (χ1) is 8.89. The van der Waals surface area contributed by atoms with E-state index >= 15 is 0 Å². The molecule has 0 spiro atoms. The van der Waals surface area contributed by atoms with Gasteiger partial charge in [-0.1, -0.05) is 13.8 Å². The van der Waals surface area contributed by atoms with Crippen LogP contribution in [0.5, 0.6) is 0 Å². The second kappa shape index (κ2) is 4.71. The first-order valence-corrected chi connectivity index (χ1v) is 6.24. The number of ether oxygens (including phenoxy) is 1. The van der Waals surface area contributed by atoms with Crippen LogP contribution in [0.15, 0.2) is 16.5 Å². The summed E-state index contributed by atoms with van der Waals surface area (Å²) < 4.78 is 10.6. The van der Waals surface area contributed by atoms with Crippen molar-refractivity contribution >= 4 is 5.91 Å². The SMILES string of the molecule is Cc1ccc(C(C)(C)CNC(=O)C2(C#N)COC2)o1. The van der Waals surface area contributed by atoms with Gasteiger partial charge in [0.25, 0.3) is 0 Å². The van der Waals surface area contributed by atoms with Gasteiger partial charge in [0.1, 0.15) is 11.5 Å². The number of nitrogens with one attached hydrogen (secondary N) is 1. The van der Waals surface area contributed by atoms with Crippen molar-refractivity contribution in [1.82, 2.24) is 5.32 Å². The molecule has 0 atom stereocenters. The third kappa shape index (κ3) is 2.49. The van der Waals surface area contributed by atoms with Gasteiger partial charge in [-0.05, 0) is 19.1 Å². The second-order valence-corrected chi connectivity index (χ2v) is 5.66. The summed E-state index contributed by atoms with van der Waals surface area (Å²) in [6.07, 6.45) is 0. The summed E-state index contributed by atoms with van der Waals surface area (Å²) in [5, 5.41) is 11.9. The summed E-state index contributed by atoms with van der Waals surface area (Å²) >= 11 is 0. The van der Waals surface area contributed by atoms with Crippen molar-refractivity contribution in [2.75, 3.05) is 19.8 Å². The minimum atomic E-state index is -1.00. The van der Waals surface area contributed by atoms with Crippen LogP contribution in [0.25, 0.3) is 0 Å². The number of carbonyl (C=O) groups is 1. The van der Waals surface area contributed by atoms with Crippen LogP contribution in [0.1, 0.15) is 25.4 Å². The van der Waals surface area contributed by atoms with Crippen LogP contribution < -0.4 is 5.32 Å². The summed E-state index contributed by atoms with van der Waals surface area (Å²) in [5.41, 5.74) is -1.32. The van der Waals surface area contributed by atoms with E-state index in [1.165, 1.54) is 0 Å². The van der Waals surface area contributed by atoms with E-state index in [4.69, 9.17) is 14.4 Å². The fourth-order valence-corrected chi connectivity index (χ4v) is 1.91. The highest BCUT2D eigenvalue weighted by Gasteiger charge is 2.47. The van der Waals surface area contributed by atoms with Crippen LogP contribution in [-0.2, 0) is 14.9 Å². The first kappa shape index (κ1) is 13.6. The fourth-order valence-electron chi connectivity index (χ4n) is 1.91. The zero-order valence-corrected chi connectivity index (χ0v) is 11.4. The molecule has 1 amide bonds. The lowest BCUT2D eigenvalue weighted by molar-refractivity contribution is -0.150. The maximum absolute atomic E-state index is 12.0. The average Bonchev–Trinajstić information content (AvgIpc) is 2.73. The molecular weight excluding hydrogens is 244 g/mol. The molecule has 0 saturated carbocycles. The van der Waals surface area contributed by atoms with Gasteiger partial charge in [0.15, 0.2) is 5.41 Å². The molecule has 2 rings (SSSR count). The predicted molar refractivity (Wildman–Crippen MR) is 68.3 cm³/mol. The number of rotatable bonds is 4. The summed E-state index contributed by atoms with van der Waals surface area (Å²) in [7, 11) is 0. The molecule has 5 nitrogen and oxygen atoms in total. The highest BCUT2D eigenvalue weighted by molar-refractivity contribution is 5.86. The number of hydrogen-bond donors (Lipinski definition) is 1. The molecule has 102 valence electrons. The molecule has 1 N–H and O–H groups in total. The maximum Gasteiger partial charge on any atom is 0.245 e. The van der Waals surface area contributed by atoms with Crippen LogP contribution in [0.2, 0.25) is 0 Å². The molecule has 1 fully saturated rings. The molecule has 1 saturated heterocycles. The quantitative estimate of drug-likeness (QED) is 0.892. The summed E-state index contributed by atoms with van der Waals surface area (Å²) in [5.74, 6) is 1.40. The third-order valence-corrected chi connectivity index (χ3v) is 3.44. The fraction of sp³-hybridized carbons (Fsp3) is 0.571. The van der Waals surface area contributed by atoms with E-state index in [2.05, 4.69) is 5.32 Å². The van der Waals surface area contributed by atoms with Gasteiger partial charge in [-0.2, -0.15) is 5.26 Å². The summed E-state index contributed by atoms with van der Waals surface area (Å²) in [6, 6.07) is 5.84. The molecule has 0 radical (unpaired) electrons. The lowest BCUT2D eigenvalue weighted by Gasteiger charge is -2.34. The highest BCUT2D eigenvalue weighted by Crippen LogP contribution is 2.28. The Kier molecular flexibility index (Phi) is 3.38. The average molecular weight is 262 g/mol. The number of nitrogens with zero attached hydrogens (tertiary/aromatic N) is 1. The van der Waals surface area contributed by atoms with Crippen molar-refractivity contribution in [2.45, 2.75) is 26.2 Å². The van der Waals surface area contributed by atoms with Crippen LogP contribution in [0, 0.1) is 23.7 Å². The lowest BCUT2D eigenvalue weighted by Crippen LogP contribution is -2.54. The minimum Gasteiger partial charge on any atom is -0.466 e. The Labute approximate surface area is 112 Å². The lowest BCUT2D eigenvalue weighted by atomic mass is 9.85. The predicted octanol–water partition coefficient (Wildman–Crippen LogP) is 1.52. The zero-order valence-electron chi connectivity index (χ0n) is 11.4. The Morgan fingerprint density at radius 1 is 1.53 bits per heavy atom. The molecular formula is C14H18N2O3. The van der Waals surface area contributed by atoms with E-state index in [-0.39, 0.29) is 24.5 Å². The third-order valence-electron chi connectivity index (χ3n) is 3.44. The van der Waals surface area contributed by atoms with Gasteiger partial charge in [0, 0.05) is 12.0 Å². The van der Waals surface area contributed by atoms with E-state index in [9.17, 15) is 4.79 Å². The van der Waals surface area contributed by atoms with Crippen LogP contribution >= 0.6 is 0 Å². The Bertz CT molecular complexity index is 521. The van der Waals surface area contributed by atoms with E-state index in [1.807, 2.05) is 39.0 Å². The standard InChI is InChI=1S/C14H18N2O3/c1-10-4-5-11(19-10)13(2,3)7-16-12(17)14(6-15)8-18-9-14/h4-5H,7-9H2,1-3H3,(H,16,17). The largest absolute Gasteiger partial charge is 0.466 e. The molecule has 1 aliphatic rings. The van der Waals surface area contributed by atoms with E-state index in [1.54, 1.807) is 0 Å². The summed E-state index contributed by atoms with van der Waals surface area (Å²) in [4.78, 5) is 12.0. The van der Waals surface area contributed by atoms with Gasteiger partial charge in [-0.25, -0.2) is 0 Å². The second-order valence-electron chi connectivity index (χ2n) is 5.66. The number of carbonyl (C=O) groups excluding carboxylic acids is 1. The Morgan fingerprint density at radius 3 is 2.63 bits per heavy atom. The zero-order chi connectivity index (χ0) is 14.1. The van der Waals surface area contributed by atoms with Gasteiger partial charge < -0.3 is 14.5 Å². The van der Waals surface area contributed by atoms with E-state index in [0.29, 0.717) is 6.54 Å². The Balaban J connectivity index is 1.98. The molecule has 0 bridgehead atoms.